The molecule has 0 fully saturated rings. The van der Waals surface area contributed by atoms with Crippen LogP contribution in [0.5, 0.6) is 0 Å². The number of benzene rings is 1. The minimum atomic E-state index is -1.23. The summed E-state index contributed by atoms with van der Waals surface area (Å²) in [5.41, 5.74) is 0.707. The third kappa shape index (κ3) is 1.89. The maximum atomic E-state index is 13.7. The van der Waals surface area contributed by atoms with E-state index in [-0.39, 0.29) is 16.8 Å². The summed E-state index contributed by atoms with van der Waals surface area (Å²) in [6.45, 7) is 3.75. The quantitative estimate of drug-likeness (QED) is 0.824. The highest BCUT2D eigenvalue weighted by Gasteiger charge is 2.18. The number of fused-ring (bicyclic) bond motifs is 1. The van der Waals surface area contributed by atoms with E-state index in [0.717, 1.165) is 0 Å². The van der Waals surface area contributed by atoms with Crippen molar-refractivity contribution in [2.75, 3.05) is 12.4 Å². The normalized spacial score (nSPS) is 11.3. The maximum Gasteiger partial charge on any atom is 0.185 e. The van der Waals surface area contributed by atoms with Gasteiger partial charge in [-0.2, -0.15) is 0 Å². The zero-order valence-electron chi connectivity index (χ0n) is 10.3. The molecule has 0 bridgehead atoms. The molecule has 2 nitrogen and oxygen atoms in total. The van der Waals surface area contributed by atoms with Crippen molar-refractivity contribution < 1.29 is 13.2 Å². The average molecular weight is 254 g/mol. The number of hydrogen-bond acceptors (Lipinski definition) is 2. The lowest BCUT2D eigenvalue weighted by atomic mass is 10.1. The van der Waals surface area contributed by atoms with Crippen LogP contribution in [0.2, 0.25) is 0 Å². The zero-order valence-corrected chi connectivity index (χ0v) is 10.3. The highest BCUT2D eigenvalue weighted by molar-refractivity contribution is 5.92. The number of nitrogens with one attached hydrogen (secondary N) is 1. The highest BCUT2D eigenvalue weighted by Crippen LogP contribution is 2.31. The van der Waals surface area contributed by atoms with Gasteiger partial charge in [-0.3, -0.25) is 0 Å². The van der Waals surface area contributed by atoms with Gasteiger partial charge in [0, 0.05) is 24.5 Å². The fourth-order valence-electron chi connectivity index (χ4n) is 1.82. The topological polar surface area (TPSA) is 24.9 Å². The Morgan fingerprint density at radius 2 is 1.78 bits per heavy atom. The molecule has 0 aliphatic heterocycles. The van der Waals surface area contributed by atoms with Crippen LogP contribution >= 0.6 is 0 Å². The molecule has 1 N–H and O–H groups in total. The standard InChI is InChI=1S/C13H13F3N2/c1-6(2)9-5-10(17-3)11-7(14)4-8(15)12(16)13(11)18-9/h4-6H,1-3H3,(H,17,18). The van der Waals surface area contributed by atoms with E-state index in [0.29, 0.717) is 17.4 Å². The van der Waals surface area contributed by atoms with Gasteiger partial charge in [-0.15, -0.1) is 0 Å². The van der Waals surface area contributed by atoms with E-state index in [1.165, 1.54) is 0 Å². The SMILES string of the molecule is CNc1cc(C(C)C)nc2c(F)c(F)cc(F)c12. The first kappa shape index (κ1) is 12.7. The van der Waals surface area contributed by atoms with Gasteiger partial charge in [0.1, 0.15) is 11.3 Å². The number of rotatable bonds is 2. The third-order valence-corrected chi connectivity index (χ3v) is 2.81. The molecule has 0 amide bonds. The van der Waals surface area contributed by atoms with Gasteiger partial charge in [0.2, 0.25) is 0 Å². The number of halogens is 3. The summed E-state index contributed by atoms with van der Waals surface area (Å²) in [4.78, 5) is 4.01. The second-order valence-electron chi connectivity index (χ2n) is 4.38. The predicted molar refractivity (Wildman–Crippen MR) is 65.3 cm³/mol. The van der Waals surface area contributed by atoms with E-state index in [9.17, 15) is 13.2 Å². The summed E-state index contributed by atoms with van der Waals surface area (Å²) in [6.07, 6.45) is 0. The predicted octanol–water partition coefficient (Wildman–Crippen LogP) is 3.82. The van der Waals surface area contributed by atoms with Gasteiger partial charge in [-0.25, -0.2) is 18.2 Å². The van der Waals surface area contributed by atoms with Crippen LogP contribution < -0.4 is 5.32 Å². The molecule has 0 aliphatic carbocycles. The van der Waals surface area contributed by atoms with Crippen molar-refractivity contribution in [1.82, 2.24) is 4.98 Å². The van der Waals surface area contributed by atoms with E-state index >= 15 is 0 Å². The number of anilines is 1. The van der Waals surface area contributed by atoms with Crippen molar-refractivity contribution in [1.29, 1.82) is 0 Å². The third-order valence-electron chi connectivity index (χ3n) is 2.81. The van der Waals surface area contributed by atoms with Gasteiger partial charge < -0.3 is 5.32 Å². The van der Waals surface area contributed by atoms with Crippen LogP contribution in [0.3, 0.4) is 0 Å². The van der Waals surface area contributed by atoms with E-state index < -0.39 is 17.5 Å². The van der Waals surface area contributed by atoms with Gasteiger partial charge >= 0.3 is 0 Å². The summed E-state index contributed by atoms with van der Waals surface area (Å²) >= 11 is 0. The van der Waals surface area contributed by atoms with Gasteiger partial charge in [0.25, 0.3) is 0 Å². The molecule has 96 valence electrons. The largest absolute Gasteiger partial charge is 0.387 e. The average Bonchev–Trinajstić information content (AvgIpc) is 2.34. The summed E-state index contributed by atoms with van der Waals surface area (Å²) in [7, 11) is 1.60. The summed E-state index contributed by atoms with van der Waals surface area (Å²) in [5, 5.41) is 2.76. The first-order chi connectivity index (χ1) is 8.45. The zero-order chi connectivity index (χ0) is 13.4. The van der Waals surface area contributed by atoms with Crippen molar-refractivity contribution in [2.24, 2.45) is 0 Å². The molecule has 0 atom stereocenters. The summed E-state index contributed by atoms with van der Waals surface area (Å²) in [5.74, 6) is -3.14. The Labute approximate surface area is 103 Å². The van der Waals surface area contributed by atoms with E-state index in [1.54, 1.807) is 13.1 Å². The Balaban J connectivity index is 2.92. The smallest absolute Gasteiger partial charge is 0.185 e. The van der Waals surface area contributed by atoms with E-state index in [4.69, 9.17) is 0 Å². The first-order valence-electron chi connectivity index (χ1n) is 5.61. The number of hydrogen-bond donors (Lipinski definition) is 1. The lowest BCUT2D eigenvalue weighted by molar-refractivity contribution is 0.503. The Hall–Kier alpha value is -1.78. The molecule has 2 rings (SSSR count). The van der Waals surface area contributed by atoms with Gasteiger partial charge in [0.15, 0.2) is 11.6 Å². The second-order valence-corrected chi connectivity index (χ2v) is 4.38. The van der Waals surface area contributed by atoms with Crippen LogP contribution in [0, 0.1) is 17.5 Å². The van der Waals surface area contributed by atoms with Crippen LogP contribution in [0.4, 0.5) is 18.9 Å². The number of pyridine rings is 1. The second kappa shape index (κ2) is 4.48. The van der Waals surface area contributed by atoms with Crippen LogP contribution in [0.15, 0.2) is 12.1 Å². The monoisotopic (exact) mass is 254 g/mol. The number of nitrogens with zero attached hydrogens (tertiary/aromatic N) is 1. The van der Waals surface area contributed by atoms with Crippen molar-refractivity contribution in [3.8, 4) is 0 Å². The Bertz CT molecular complexity index is 609. The highest BCUT2D eigenvalue weighted by atomic mass is 19.2. The van der Waals surface area contributed by atoms with Gasteiger partial charge in [0.05, 0.1) is 5.39 Å². The molecule has 2 aromatic rings. The molecule has 0 saturated heterocycles. The molecule has 1 aromatic heterocycles. The molecule has 5 heteroatoms. The Morgan fingerprint density at radius 3 is 2.33 bits per heavy atom. The molecule has 1 aromatic carbocycles. The minimum Gasteiger partial charge on any atom is -0.387 e. The molecule has 1 heterocycles. The van der Waals surface area contributed by atoms with Crippen molar-refractivity contribution in [3.05, 3.63) is 35.3 Å². The number of aromatic nitrogens is 1. The molecular formula is C13H13F3N2. The molecule has 18 heavy (non-hydrogen) atoms. The molecule has 0 aliphatic rings. The van der Waals surface area contributed by atoms with Crippen LogP contribution in [0.25, 0.3) is 10.9 Å². The van der Waals surface area contributed by atoms with Crippen molar-refractivity contribution >= 4 is 16.6 Å². The summed E-state index contributed by atoms with van der Waals surface area (Å²) in [6, 6.07) is 2.18. The maximum absolute atomic E-state index is 13.7. The Kier molecular flexibility index (Phi) is 3.15. The van der Waals surface area contributed by atoms with Crippen molar-refractivity contribution in [3.63, 3.8) is 0 Å². The van der Waals surface area contributed by atoms with Crippen LogP contribution in [-0.2, 0) is 0 Å². The Morgan fingerprint density at radius 1 is 1.11 bits per heavy atom. The molecule has 0 radical (unpaired) electrons. The minimum absolute atomic E-state index is 0.0270. The molecule has 0 spiro atoms. The van der Waals surface area contributed by atoms with Crippen molar-refractivity contribution in [2.45, 2.75) is 19.8 Å². The first-order valence-corrected chi connectivity index (χ1v) is 5.61. The van der Waals surface area contributed by atoms with Gasteiger partial charge in [-0.05, 0) is 12.0 Å². The van der Waals surface area contributed by atoms with E-state index in [1.807, 2.05) is 13.8 Å². The molecule has 0 unspecified atom stereocenters. The van der Waals surface area contributed by atoms with Crippen LogP contribution in [0.1, 0.15) is 25.5 Å². The van der Waals surface area contributed by atoms with E-state index in [2.05, 4.69) is 10.3 Å². The fraction of sp³-hybridized carbons (Fsp3) is 0.308. The lowest BCUT2D eigenvalue weighted by Gasteiger charge is -2.12. The van der Waals surface area contributed by atoms with Gasteiger partial charge in [-0.1, -0.05) is 13.8 Å². The summed E-state index contributed by atoms with van der Waals surface area (Å²) < 4.78 is 40.6. The molecule has 0 saturated carbocycles. The lowest BCUT2D eigenvalue weighted by Crippen LogP contribution is -2.02. The van der Waals surface area contributed by atoms with Crippen LogP contribution in [-0.4, -0.2) is 12.0 Å². The fourth-order valence-corrected chi connectivity index (χ4v) is 1.82. The molecular weight excluding hydrogens is 241 g/mol.